The van der Waals surface area contributed by atoms with E-state index < -0.39 is 0 Å². The topological polar surface area (TPSA) is 50.4 Å². The maximum Gasteiger partial charge on any atom is 0.261 e. The van der Waals surface area contributed by atoms with Crippen LogP contribution in [0, 0.1) is 0 Å². The van der Waals surface area contributed by atoms with E-state index in [1.165, 1.54) is 24.2 Å². The summed E-state index contributed by atoms with van der Waals surface area (Å²) >= 11 is 1.41. The number of rotatable bonds is 4. The third-order valence-corrected chi connectivity index (χ3v) is 3.86. The van der Waals surface area contributed by atoms with E-state index in [4.69, 9.17) is 4.74 Å². The summed E-state index contributed by atoms with van der Waals surface area (Å²) in [5, 5.41) is 8.21. The number of carbonyl (C=O) groups is 1. The van der Waals surface area contributed by atoms with E-state index in [0.717, 1.165) is 18.7 Å². The average molecular weight is 254 g/mol. The van der Waals surface area contributed by atoms with Crippen molar-refractivity contribution in [2.75, 3.05) is 20.2 Å². The van der Waals surface area contributed by atoms with E-state index in [1.54, 1.807) is 13.2 Å². The normalized spacial score (nSPS) is 19.9. The number of nitrogens with one attached hydrogen (secondary N) is 2. The second kappa shape index (κ2) is 6.02. The van der Waals surface area contributed by atoms with Crippen molar-refractivity contribution < 1.29 is 9.53 Å². The van der Waals surface area contributed by atoms with Crippen molar-refractivity contribution in [3.8, 4) is 5.75 Å². The minimum atomic E-state index is -0.00864. The van der Waals surface area contributed by atoms with Crippen LogP contribution in [0.15, 0.2) is 11.4 Å². The molecule has 1 aromatic heterocycles. The summed E-state index contributed by atoms with van der Waals surface area (Å²) in [5.74, 6) is 0.738. The van der Waals surface area contributed by atoms with Crippen LogP contribution < -0.4 is 15.4 Å². The first-order valence-electron chi connectivity index (χ1n) is 5.93. The van der Waals surface area contributed by atoms with Gasteiger partial charge in [0.2, 0.25) is 0 Å². The smallest absolute Gasteiger partial charge is 0.261 e. The van der Waals surface area contributed by atoms with Crippen LogP contribution in [-0.2, 0) is 0 Å². The SMILES string of the molecule is COc1csc(C(=O)NCC2CCCCN2)c1. The molecule has 2 N–H and O–H groups in total. The van der Waals surface area contributed by atoms with Crippen LogP contribution in [0.25, 0.3) is 0 Å². The molecule has 1 fully saturated rings. The van der Waals surface area contributed by atoms with E-state index in [9.17, 15) is 4.79 Å². The highest BCUT2D eigenvalue weighted by atomic mass is 32.1. The molecule has 0 spiro atoms. The van der Waals surface area contributed by atoms with Gasteiger partial charge in [0, 0.05) is 24.0 Å². The molecule has 94 valence electrons. The minimum absolute atomic E-state index is 0.00864. The second-order valence-corrected chi connectivity index (χ2v) is 5.12. The van der Waals surface area contributed by atoms with Gasteiger partial charge < -0.3 is 15.4 Å². The highest BCUT2D eigenvalue weighted by Gasteiger charge is 2.15. The molecule has 0 saturated carbocycles. The summed E-state index contributed by atoms with van der Waals surface area (Å²) in [4.78, 5) is 12.5. The summed E-state index contributed by atoms with van der Waals surface area (Å²) in [6.45, 7) is 1.77. The zero-order chi connectivity index (χ0) is 12.1. The Morgan fingerprint density at radius 3 is 3.18 bits per heavy atom. The summed E-state index contributed by atoms with van der Waals surface area (Å²) in [5.41, 5.74) is 0. The molecule has 1 aromatic rings. The van der Waals surface area contributed by atoms with Crippen molar-refractivity contribution in [3.63, 3.8) is 0 Å². The molecule has 4 nitrogen and oxygen atoms in total. The Labute approximate surface area is 105 Å². The van der Waals surface area contributed by atoms with E-state index in [0.29, 0.717) is 17.5 Å². The van der Waals surface area contributed by atoms with Gasteiger partial charge in [-0.15, -0.1) is 11.3 Å². The fourth-order valence-corrected chi connectivity index (χ4v) is 2.72. The third-order valence-electron chi connectivity index (χ3n) is 2.96. The average Bonchev–Trinajstić information content (AvgIpc) is 2.86. The van der Waals surface area contributed by atoms with Gasteiger partial charge in [0.1, 0.15) is 5.75 Å². The molecule has 5 heteroatoms. The molecular formula is C12H18N2O2S. The fraction of sp³-hybridized carbons (Fsp3) is 0.583. The predicted octanol–water partition coefficient (Wildman–Crippen LogP) is 1.63. The molecule has 1 atom stereocenters. The first-order chi connectivity index (χ1) is 8.29. The summed E-state index contributed by atoms with van der Waals surface area (Å²) in [7, 11) is 1.61. The Balaban J connectivity index is 1.80. The molecule has 1 saturated heterocycles. The number of thiophene rings is 1. The molecule has 0 radical (unpaired) electrons. The van der Waals surface area contributed by atoms with E-state index >= 15 is 0 Å². The van der Waals surface area contributed by atoms with Crippen LogP contribution >= 0.6 is 11.3 Å². The number of hydrogen-bond acceptors (Lipinski definition) is 4. The maximum atomic E-state index is 11.8. The lowest BCUT2D eigenvalue weighted by Crippen LogP contribution is -2.43. The Morgan fingerprint density at radius 1 is 1.65 bits per heavy atom. The lowest BCUT2D eigenvalue weighted by Gasteiger charge is -2.23. The van der Waals surface area contributed by atoms with Gasteiger partial charge in [0.05, 0.1) is 12.0 Å². The molecule has 2 rings (SSSR count). The van der Waals surface area contributed by atoms with Crippen LogP contribution in [0.1, 0.15) is 28.9 Å². The number of piperidine rings is 1. The lowest BCUT2D eigenvalue weighted by atomic mass is 10.1. The maximum absolute atomic E-state index is 11.8. The Morgan fingerprint density at radius 2 is 2.53 bits per heavy atom. The quantitative estimate of drug-likeness (QED) is 0.858. The zero-order valence-corrected chi connectivity index (χ0v) is 10.8. The van der Waals surface area contributed by atoms with Crippen molar-refractivity contribution in [1.82, 2.24) is 10.6 Å². The Hall–Kier alpha value is -1.07. The molecule has 17 heavy (non-hydrogen) atoms. The lowest BCUT2D eigenvalue weighted by molar-refractivity contribution is 0.0951. The fourth-order valence-electron chi connectivity index (χ4n) is 1.95. The van der Waals surface area contributed by atoms with E-state index in [-0.39, 0.29) is 5.91 Å². The number of carbonyl (C=O) groups excluding carboxylic acids is 1. The van der Waals surface area contributed by atoms with Crippen molar-refractivity contribution in [2.24, 2.45) is 0 Å². The van der Waals surface area contributed by atoms with Gasteiger partial charge in [0.15, 0.2) is 0 Å². The highest BCUT2D eigenvalue weighted by Crippen LogP contribution is 2.20. The van der Waals surface area contributed by atoms with Gasteiger partial charge in [-0.3, -0.25) is 4.79 Å². The van der Waals surface area contributed by atoms with Crippen molar-refractivity contribution in [1.29, 1.82) is 0 Å². The molecule has 0 aromatic carbocycles. The van der Waals surface area contributed by atoms with Gasteiger partial charge >= 0.3 is 0 Å². The standard InChI is InChI=1S/C12H18N2O2S/c1-16-10-6-11(17-8-10)12(15)14-7-9-4-2-3-5-13-9/h6,8-9,13H,2-5,7H2,1H3,(H,14,15). The first-order valence-corrected chi connectivity index (χ1v) is 6.81. The molecular weight excluding hydrogens is 236 g/mol. The van der Waals surface area contributed by atoms with Crippen LogP contribution in [0.4, 0.5) is 0 Å². The summed E-state index contributed by atoms with van der Waals surface area (Å²) in [6.07, 6.45) is 3.64. The number of ether oxygens (including phenoxy) is 1. The van der Waals surface area contributed by atoms with Gasteiger partial charge in [-0.05, 0) is 19.4 Å². The minimum Gasteiger partial charge on any atom is -0.496 e. The third kappa shape index (κ3) is 3.44. The number of amides is 1. The first kappa shape index (κ1) is 12.4. The van der Waals surface area contributed by atoms with Crippen LogP contribution in [0.3, 0.4) is 0 Å². The van der Waals surface area contributed by atoms with Crippen LogP contribution in [-0.4, -0.2) is 32.1 Å². The summed E-state index contributed by atoms with van der Waals surface area (Å²) in [6, 6.07) is 2.20. The van der Waals surface area contributed by atoms with Crippen LogP contribution in [0.2, 0.25) is 0 Å². The van der Waals surface area contributed by atoms with Crippen molar-refractivity contribution in [3.05, 3.63) is 16.3 Å². The highest BCUT2D eigenvalue weighted by molar-refractivity contribution is 7.12. The largest absolute Gasteiger partial charge is 0.496 e. The molecule has 0 aliphatic carbocycles. The number of methoxy groups -OCH3 is 1. The molecule has 0 bridgehead atoms. The molecule has 1 amide bonds. The van der Waals surface area contributed by atoms with Crippen molar-refractivity contribution >= 4 is 17.2 Å². The molecule has 1 unspecified atom stereocenters. The molecule has 2 heterocycles. The monoisotopic (exact) mass is 254 g/mol. The second-order valence-electron chi connectivity index (χ2n) is 4.21. The van der Waals surface area contributed by atoms with E-state index in [2.05, 4.69) is 10.6 Å². The van der Waals surface area contributed by atoms with Crippen molar-refractivity contribution in [2.45, 2.75) is 25.3 Å². The molecule has 1 aliphatic rings. The Bertz CT molecular complexity index is 372. The van der Waals surface area contributed by atoms with Gasteiger partial charge in [-0.25, -0.2) is 0 Å². The predicted molar refractivity (Wildman–Crippen MR) is 68.8 cm³/mol. The van der Waals surface area contributed by atoms with Gasteiger partial charge in [0.25, 0.3) is 5.91 Å². The summed E-state index contributed by atoms with van der Waals surface area (Å²) < 4.78 is 5.06. The van der Waals surface area contributed by atoms with Gasteiger partial charge in [-0.1, -0.05) is 6.42 Å². The van der Waals surface area contributed by atoms with E-state index in [1.807, 2.05) is 5.38 Å². The Kier molecular flexibility index (Phi) is 4.39. The van der Waals surface area contributed by atoms with Gasteiger partial charge in [-0.2, -0.15) is 0 Å². The zero-order valence-electron chi connectivity index (χ0n) is 9.99. The van der Waals surface area contributed by atoms with Crippen LogP contribution in [0.5, 0.6) is 5.75 Å². The molecule has 1 aliphatic heterocycles. The number of hydrogen-bond donors (Lipinski definition) is 2.